The lowest BCUT2D eigenvalue weighted by atomic mass is 9.81. The van der Waals surface area contributed by atoms with Crippen LogP contribution in [-0.4, -0.2) is 41.8 Å². The van der Waals surface area contributed by atoms with Crippen molar-refractivity contribution in [3.63, 3.8) is 0 Å². The van der Waals surface area contributed by atoms with Crippen LogP contribution < -0.4 is 5.73 Å². The molecule has 0 saturated carbocycles. The zero-order chi connectivity index (χ0) is 18.4. The predicted molar refractivity (Wildman–Crippen MR) is 93.5 cm³/mol. The number of aromatic nitrogens is 1. The van der Waals surface area contributed by atoms with Gasteiger partial charge in [0.1, 0.15) is 4.90 Å². The van der Waals surface area contributed by atoms with Crippen LogP contribution in [0.1, 0.15) is 20.3 Å². The van der Waals surface area contributed by atoms with Gasteiger partial charge in [-0.25, -0.2) is 8.42 Å². The third kappa shape index (κ3) is 2.99. The summed E-state index contributed by atoms with van der Waals surface area (Å²) in [4.78, 5) is 14.8. The van der Waals surface area contributed by atoms with E-state index in [1.165, 1.54) is 28.7 Å². The molecule has 0 aliphatic carbocycles. The Hall–Kier alpha value is -2.10. The molecule has 134 valence electrons. The maximum atomic E-state index is 13.2. The molecule has 0 radical (unpaired) electrons. The number of non-ortho nitro benzene ring substituents is 1. The molecule has 1 aromatic heterocycles. The van der Waals surface area contributed by atoms with E-state index in [0.717, 1.165) is 0 Å². The van der Waals surface area contributed by atoms with Gasteiger partial charge in [0, 0.05) is 31.4 Å². The molecule has 2 heterocycles. The first kappa shape index (κ1) is 17.7. The van der Waals surface area contributed by atoms with Crippen molar-refractivity contribution in [2.24, 2.45) is 11.1 Å². The largest absolute Gasteiger partial charge is 0.327 e. The van der Waals surface area contributed by atoms with Crippen molar-refractivity contribution in [2.45, 2.75) is 31.2 Å². The number of nitrogens with two attached hydrogens (primary N) is 1. The molecule has 9 heteroatoms. The Morgan fingerprint density at radius 1 is 1.36 bits per heavy atom. The molecule has 1 aromatic carbocycles. The van der Waals surface area contributed by atoms with Crippen LogP contribution in [0.4, 0.5) is 5.69 Å². The summed E-state index contributed by atoms with van der Waals surface area (Å²) in [5, 5.41) is 11.4. The van der Waals surface area contributed by atoms with E-state index in [1.807, 2.05) is 13.8 Å². The summed E-state index contributed by atoms with van der Waals surface area (Å²) < 4.78 is 27.7. The van der Waals surface area contributed by atoms with Gasteiger partial charge in [-0.2, -0.15) is 4.31 Å². The number of piperidine rings is 1. The molecule has 3 rings (SSSR count). The molecule has 1 unspecified atom stereocenters. The van der Waals surface area contributed by atoms with E-state index >= 15 is 0 Å². The van der Waals surface area contributed by atoms with Crippen molar-refractivity contribution >= 4 is 26.6 Å². The van der Waals surface area contributed by atoms with Crippen LogP contribution in [0, 0.1) is 15.5 Å². The Kier molecular flexibility index (Phi) is 4.26. The normalized spacial score (nSPS) is 21.3. The Labute approximate surface area is 145 Å². The molecular formula is C16H20N4O4S. The Bertz CT molecular complexity index is 942. The van der Waals surface area contributed by atoms with Gasteiger partial charge in [-0.3, -0.25) is 15.1 Å². The molecule has 0 bridgehead atoms. The first-order valence-electron chi connectivity index (χ1n) is 7.92. The fourth-order valence-electron chi connectivity index (χ4n) is 3.17. The first-order valence-corrected chi connectivity index (χ1v) is 9.36. The highest BCUT2D eigenvalue weighted by molar-refractivity contribution is 7.89. The van der Waals surface area contributed by atoms with E-state index in [2.05, 4.69) is 4.98 Å². The number of benzene rings is 1. The minimum Gasteiger partial charge on any atom is -0.327 e. The topological polar surface area (TPSA) is 119 Å². The summed E-state index contributed by atoms with van der Waals surface area (Å²) in [6.07, 6.45) is 1.99. The van der Waals surface area contributed by atoms with Crippen molar-refractivity contribution in [3.8, 4) is 0 Å². The molecule has 1 saturated heterocycles. The van der Waals surface area contributed by atoms with Gasteiger partial charge in [0.15, 0.2) is 0 Å². The monoisotopic (exact) mass is 364 g/mol. The van der Waals surface area contributed by atoms with Gasteiger partial charge in [-0.15, -0.1) is 0 Å². The van der Waals surface area contributed by atoms with Crippen LogP contribution in [0.3, 0.4) is 0 Å². The summed E-state index contributed by atoms with van der Waals surface area (Å²) in [7, 11) is -3.83. The van der Waals surface area contributed by atoms with Crippen molar-refractivity contribution in [2.75, 3.05) is 13.1 Å². The molecule has 0 amide bonds. The maximum Gasteiger partial charge on any atom is 0.278 e. The van der Waals surface area contributed by atoms with E-state index < -0.39 is 14.9 Å². The molecule has 1 atom stereocenters. The lowest BCUT2D eigenvalue weighted by Crippen LogP contribution is -2.53. The van der Waals surface area contributed by atoms with Gasteiger partial charge < -0.3 is 5.73 Å². The number of nitrogens with zero attached hydrogens (tertiary/aromatic N) is 3. The summed E-state index contributed by atoms with van der Waals surface area (Å²) in [5.74, 6) is 0. The Morgan fingerprint density at radius 2 is 2.08 bits per heavy atom. The van der Waals surface area contributed by atoms with Crippen molar-refractivity contribution < 1.29 is 13.3 Å². The number of rotatable bonds is 3. The molecule has 1 aliphatic rings. The first-order chi connectivity index (χ1) is 11.6. The highest BCUT2D eigenvalue weighted by Crippen LogP contribution is 2.35. The molecule has 8 nitrogen and oxygen atoms in total. The number of hydrogen-bond acceptors (Lipinski definition) is 6. The highest BCUT2D eigenvalue weighted by atomic mass is 32.2. The zero-order valence-corrected chi connectivity index (χ0v) is 14.9. The van der Waals surface area contributed by atoms with Crippen LogP contribution in [0.15, 0.2) is 35.4 Å². The van der Waals surface area contributed by atoms with Gasteiger partial charge in [0.25, 0.3) is 5.69 Å². The fraction of sp³-hybridized carbons (Fsp3) is 0.438. The highest BCUT2D eigenvalue weighted by Gasteiger charge is 2.39. The minimum absolute atomic E-state index is 0.0139. The number of nitro benzene ring substituents is 1. The lowest BCUT2D eigenvalue weighted by molar-refractivity contribution is -0.383. The third-order valence-electron chi connectivity index (χ3n) is 4.80. The van der Waals surface area contributed by atoms with E-state index in [1.54, 1.807) is 6.07 Å². The van der Waals surface area contributed by atoms with Crippen molar-refractivity contribution in [3.05, 3.63) is 40.6 Å². The van der Waals surface area contributed by atoms with E-state index in [-0.39, 0.29) is 32.9 Å². The predicted octanol–water partition coefficient (Wildman–Crippen LogP) is 1.89. The van der Waals surface area contributed by atoms with E-state index in [0.29, 0.717) is 19.5 Å². The summed E-state index contributed by atoms with van der Waals surface area (Å²) in [5.41, 5.74) is 5.69. The molecule has 0 spiro atoms. The lowest BCUT2D eigenvalue weighted by Gasteiger charge is -2.41. The van der Waals surface area contributed by atoms with Gasteiger partial charge in [-0.05, 0) is 30.0 Å². The fourth-order valence-corrected chi connectivity index (χ4v) is 4.94. The van der Waals surface area contributed by atoms with Crippen LogP contribution >= 0.6 is 0 Å². The molecular weight excluding hydrogens is 344 g/mol. The standard InChI is InChI=1S/C16H20N4O4S/c1-16(2)10-19(9-7-14(16)17)25(23,24)13-6-5-12(20(21)22)11-4-3-8-18-15(11)13/h3-6,8,14H,7,9-10,17H2,1-2H3. The number of hydrogen-bond donors (Lipinski definition) is 1. The second kappa shape index (κ2) is 6.01. The van der Waals surface area contributed by atoms with Gasteiger partial charge in [0.2, 0.25) is 10.0 Å². The molecule has 2 aromatic rings. The summed E-state index contributed by atoms with van der Waals surface area (Å²) >= 11 is 0. The number of fused-ring (bicyclic) bond motifs is 1. The van der Waals surface area contributed by atoms with Crippen LogP contribution in [-0.2, 0) is 10.0 Å². The SMILES string of the molecule is CC1(C)CN(S(=O)(=O)c2ccc([N+](=O)[O-])c3cccnc23)CCC1N. The molecule has 1 aliphatic heterocycles. The van der Waals surface area contributed by atoms with E-state index in [9.17, 15) is 18.5 Å². The smallest absolute Gasteiger partial charge is 0.278 e. The van der Waals surface area contributed by atoms with Crippen molar-refractivity contribution in [1.29, 1.82) is 0 Å². The summed E-state index contributed by atoms with van der Waals surface area (Å²) in [6.45, 7) is 4.48. The van der Waals surface area contributed by atoms with Crippen LogP contribution in [0.2, 0.25) is 0 Å². The van der Waals surface area contributed by atoms with Gasteiger partial charge in [-0.1, -0.05) is 13.8 Å². The number of sulfonamides is 1. The molecule has 1 fully saturated rings. The maximum absolute atomic E-state index is 13.2. The second-order valence-electron chi connectivity index (χ2n) is 6.96. The average Bonchev–Trinajstić information content (AvgIpc) is 2.55. The number of nitro groups is 1. The van der Waals surface area contributed by atoms with Gasteiger partial charge in [0.05, 0.1) is 15.8 Å². The quantitative estimate of drug-likeness (QED) is 0.656. The zero-order valence-electron chi connectivity index (χ0n) is 14.0. The third-order valence-corrected chi connectivity index (χ3v) is 6.68. The Morgan fingerprint density at radius 3 is 2.72 bits per heavy atom. The van der Waals surface area contributed by atoms with E-state index in [4.69, 9.17) is 5.73 Å². The van der Waals surface area contributed by atoms with Gasteiger partial charge >= 0.3 is 0 Å². The summed E-state index contributed by atoms with van der Waals surface area (Å²) in [6, 6.07) is 5.47. The van der Waals surface area contributed by atoms with Crippen LogP contribution in [0.25, 0.3) is 10.9 Å². The second-order valence-corrected chi connectivity index (χ2v) is 8.87. The number of pyridine rings is 1. The van der Waals surface area contributed by atoms with Crippen molar-refractivity contribution in [1.82, 2.24) is 9.29 Å². The Balaban J connectivity index is 2.13. The molecule has 2 N–H and O–H groups in total. The minimum atomic E-state index is -3.83. The van der Waals surface area contributed by atoms with Crippen LogP contribution in [0.5, 0.6) is 0 Å². The molecule has 25 heavy (non-hydrogen) atoms. The average molecular weight is 364 g/mol.